The number of aliphatic hydroxyl groups excluding tert-OH is 2. The Hall–Kier alpha value is -1.43. The molecule has 1 rings (SSSR count). The van der Waals surface area contributed by atoms with Gasteiger partial charge in [-0.1, -0.05) is 12.1 Å². The number of carbonyl (C=O) groups is 1. The molecule has 100 valence electrons. The number of nitrogens with two attached hydrogens (primary N) is 1. The number of carbonyl (C=O) groups excluding carboxylic acids is 1. The van der Waals surface area contributed by atoms with Gasteiger partial charge in [0, 0.05) is 19.7 Å². The van der Waals surface area contributed by atoms with Gasteiger partial charge >= 0.3 is 0 Å². The lowest BCUT2D eigenvalue weighted by atomic mass is 10.00. The maximum atomic E-state index is 11.8. The minimum atomic E-state index is -1.02. The Morgan fingerprint density at radius 3 is 2.61 bits per heavy atom. The van der Waals surface area contributed by atoms with Gasteiger partial charge in [0.2, 0.25) is 0 Å². The van der Waals surface area contributed by atoms with Crippen molar-refractivity contribution in [2.45, 2.75) is 18.6 Å². The standard InChI is InChI=1S/C13H20N2O3/c1-15(2)13(18)10-5-3-4-9(8-10)12(17)11(16)6-7-14/h3-5,8,11-12,16-17H,6-7,14H2,1-2H3. The number of benzene rings is 1. The van der Waals surface area contributed by atoms with Crippen molar-refractivity contribution in [2.75, 3.05) is 20.6 Å². The molecule has 1 aromatic carbocycles. The number of hydrogen-bond acceptors (Lipinski definition) is 4. The van der Waals surface area contributed by atoms with E-state index in [1.165, 1.54) is 4.90 Å². The molecule has 0 heterocycles. The fourth-order valence-electron chi connectivity index (χ4n) is 1.66. The minimum absolute atomic E-state index is 0.141. The molecule has 5 nitrogen and oxygen atoms in total. The first-order valence-electron chi connectivity index (χ1n) is 5.85. The Labute approximate surface area is 107 Å². The first kappa shape index (κ1) is 14.6. The van der Waals surface area contributed by atoms with E-state index in [9.17, 15) is 15.0 Å². The average Bonchev–Trinajstić information content (AvgIpc) is 2.37. The van der Waals surface area contributed by atoms with Crippen LogP contribution < -0.4 is 5.73 Å². The predicted molar refractivity (Wildman–Crippen MR) is 69.1 cm³/mol. The lowest BCUT2D eigenvalue weighted by Gasteiger charge is -2.18. The van der Waals surface area contributed by atoms with Crippen molar-refractivity contribution in [3.05, 3.63) is 35.4 Å². The van der Waals surface area contributed by atoms with Crippen molar-refractivity contribution in [2.24, 2.45) is 5.73 Å². The van der Waals surface area contributed by atoms with Gasteiger partial charge in [0.05, 0.1) is 6.10 Å². The van der Waals surface area contributed by atoms with Crippen LogP contribution in [0.4, 0.5) is 0 Å². The molecular formula is C13H20N2O3. The molecule has 4 N–H and O–H groups in total. The van der Waals surface area contributed by atoms with Crippen LogP contribution in [0.15, 0.2) is 24.3 Å². The summed E-state index contributed by atoms with van der Waals surface area (Å²) in [6, 6.07) is 6.63. The predicted octanol–water partition coefficient (Wildman–Crippen LogP) is 0.131. The lowest BCUT2D eigenvalue weighted by molar-refractivity contribution is 0.0150. The van der Waals surface area contributed by atoms with Gasteiger partial charge < -0.3 is 20.8 Å². The van der Waals surface area contributed by atoms with Gasteiger partial charge in [-0.05, 0) is 30.7 Å². The van der Waals surface area contributed by atoms with E-state index in [1.54, 1.807) is 38.4 Å². The zero-order valence-electron chi connectivity index (χ0n) is 10.7. The van der Waals surface area contributed by atoms with Crippen molar-refractivity contribution in [1.29, 1.82) is 0 Å². The van der Waals surface area contributed by atoms with Gasteiger partial charge in [0.25, 0.3) is 5.91 Å². The van der Waals surface area contributed by atoms with Crippen molar-refractivity contribution in [1.82, 2.24) is 4.90 Å². The highest BCUT2D eigenvalue weighted by Crippen LogP contribution is 2.20. The molecule has 0 fully saturated rings. The van der Waals surface area contributed by atoms with Crippen LogP contribution in [0.3, 0.4) is 0 Å². The lowest BCUT2D eigenvalue weighted by Crippen LogP contribution is -2.24. The molecule has 1 aromatic rings. The Bertz CT molecular complexity index is 407. The SMILES string of the molecule is CN(C)C(=O)c1cccc(C(O)C(O)CCN)c1. The van der Waals surface area contributed by atoms with Gasteiger partial charge in [-0.3, -0.25) is 4.79 Å². The molecule has 0 saturated heterocycles. The molecule has 0 spiro atoms. The number of nitrogens with zero attached hydrogens (tertiary/aromatic N) is 1. The molecule has 0 aliphatic rings. The second-order valence-electron chi connectivity index (χ2n) is 4.41. The van der Waals surface area contributed by atoms with Crippen LogP contribution in [-0.4, -0.2) is 47.8 Å². The molecule has 0 bridgehead atoms. The van der Waals surface area contributed by atoms with Crippen molar-refractivity contribution < 1.29 is 15.0 Å². The third-order valence-corrected chi connectivity index (χ3v) is 2.71. The quantitative estimate of drug-likeness (QED) is 0.695. The van der Waals surface area contributed by atoms with Crippen molar-refractivity contribution in [3.63, 3.8) is 0 Å². The van der Waals surface area contributed by atoms with Crippen LogP contribution in [-0.2, 0) is 0 Å². The van der Waals surface area contributed by atoms with E-state index in [1.807, 2.05) is 0 Å². The van der Waals surface area contributed by atoms with Crippen LogP contribution in [0.5, 0.6) is 0 Å². The second-order valence-corrected chi connectivity index (χ2v) is 4.41. The summed E-state index contributed by atoms with van der Waals surface area (Å²) in [4.78, 5) is 13.2. The summed E-state index contributed by atoms with van der Waals surface area (Å²) < 4.78 is 0. The maximum absolute atomic E-state index is 11.8. The van der Waals surface area contributed by atoms with E-state index in [2.05, 4.69) is 0 Å². The van der Waals surface area contributed by atoms with Gasteiger partial charge in [0.15, 0.2) is 0 Å². The van der Waals surface area contributed by atoms with Crippen LogP contribution in [0.2, 0.25) is 0 Å². The van der Waals surface area contributed by atoms with E-state index in [0.717, 1.165) is 0 Å². The number of rotatable bonds is 5. The molecule has 0 radical (unpaired) electrons. The van der Waals surface area contributed by atoms with Crippen molar-refractivity contribution in [3.8, 4) is 0 Å². The van der Waals surface area contributed by atoms with Gasteiger partial charge in [0.1, 0.15) is 6.10 Å². The van der Waals surface area contributed by atoms with Crippen LogP contribution >= 0.6 is 0 Å². The topological polar surface area (TPSA) is 86.8 Å². The minimum Gasteiger partial charge on any atom is -0.390 e. The Morgan fingerprint density at radius 1 is 1.39 bits per heavy atom. The summed E-state index contributed by atoms with van der Waals surface area (Å²) in [5, 5.41) is 19.6. The normalized spacial score (nSPS) is 14.1. The molecule has 2 unspecified atom stereocenters. The van der Waals surface area contributed by atoms with E-state index in [0.29, 0.717) is 24.1 Å². The van der Waals surface area contributed by atoms with E-state index >= 15 is 0 Å². The smallest absolute Gasteiger partial charge is 0.253 e. The fraction of sp³-hybridized carbons (Fsp3) is 0.462. The summed E-state index contributed by atoms with van der Waals surface area (Å²) in [6.45, 7) is 0.300. The highest BCUT2D eigenvalue weighted by Gasteiger charge is 2.19. The Morgan fingerprint density at radius 2 is 2.06 bits per heavy atom. The highest BCUT2D eigenvalue weighted by atomic mass is 16.3. The van der Waals surface area contributed by atoms with Crippen molar-refractivity contribution >= 4 is 5.91 Å². The molecule has 0 aliphatic carbocycles. The number of amides is 1. The monoisotopic (exact) mass is 252 g/mol. The zero-order chi connectivity index (χ0) is 13.7. The van der Waals surface area contributed by atoms with Gasteiger partial charge in [-0.2, -0.15) is 0 Å². The molecule has 5 heteroatoms. The van der Waals surface area contributed by atoms with E-state index in [4.69, 9.17) is 5.73 Å². The first-order valence-corrected chi connectivity index (χ1v) is 5.85. The number of aliphatic hydroxyl groups is 2. The Kier molecular flexibility index (Phi) is 5.27. The summed E-state index contributed by atoms with van der Waals surface area (Å²) >= 11 is 0. The number of hydrogen-bond donors (Lipinski definition) is 3. The highest BCUT2D eigenvalue weighted by molar-refractivity contribution is 5.94. The van der Waals surface area contributed by atoms with Gasteiger partial charge in [-0.15, -0.1) is 0 Å². The summed E-state index contributed by atoms with van der Waals surface area (Å²) in [6.07, 6.45) is -1.63. The third-order valence-electron chi connectivity index (χ3n) is 2.71. The van der Waals surface area contributed by atoms with Crippen LogP contribution in [0, 0.1) is 0 Å². The largest absolute Gasteiger partial charge is 0.390 e. The summed E-state index contributed by atoms with van der Waals surface area (Å²) in [5.41, 5.74) is 6.33. The Balaban J connectivity index is 2.91. The van der Waals surface area contributed by atoms with Gasteiger partial charge in [-0.25, -0.2) is 0 Å². The third kappa shape index (κ3) is 3.53. The first-order chi connectivity index (χ1) is 8.47. The van der Waals surface area contributed by atoms with E-state index in [-0.39, 0.29) is 5.91 Å². The second kappa shape index (κ2) is 6.49. The molecule has 0 saturated carbocycles. The summed E-state index contributed by atoms with van der Waals surface area (Å²) in [7, 11) is 3.32. The average molecular weight is 252 g/mol. The molecular weight excluding hydrogens is 232 g/mol. The van der Waals surface area contributed by atoms with E-state index < -0.39 is 12.2 Å². The van der Waals surface area contributed by atoms with Crippen LogP contribution in [0.1, 0.15) is 28.4 Å². The molecule has 0 aliphatic heterocycles. The molecule has 2 atom stereocenters. The molecule has 0 aromatic heterocycles. The zero-order valence-corrected chi connectivity index (χ0v) is 10.7. The summed E-state index contributed by atoms with van der Waals surface area (Å²) in [5.74, 6) is -0.141. The molecule has 18 heavy (non-hydrogen) atoms. The fourth-order valence-corrected chi connectivity index (χ4v) is 1.66. The molecule has 1 amide bonds. The van der Waals surface area contributed by atoms with Crippen LogP contribution in [0.25, 0.3) is 0 Å². The maximum Gasteiger partial charge on any atom is 0.253 e.